The zero-order chi connectivity index (χ0) is 18.7. The third-order valence-electron chi connectivity index (χ3n) is 5.61. The molecule has 1 aromatic heterocycles. The summed E-state index contributed by atoms with van der Waals surface area (Å²) in [4.78, 5) is 8.94. The first kappa shape index (κ1) is 18.4. The van der Waals surface area contributed by atoms with Gasteiger partial charge >= 0.3 is 0 Å². The predicted octanol–water partition coefficient (Wildman–Crippen LogP) is 3.22. The van der Waals surface area contributed by atoms with Crippen LogP contribution in [-0.2, 0) is 10.0 Å². The van der Waals surface area contributed by atoms with Gasteiger partial charge in [-0.2, -0.15) is 4.31 Å². The molecule has 6 nitrogen and oxygen atoms in total. The Kier molecular flexibility index (Phi) is 5.41. The van der Waals surface area contributed by atoms with Crippen molar-refractivity contribution >= 4 is 10.0 Å². The van der Waals surface area contributed by atoms with E-state index in [1.807, 2.05) is 12.1 Å². The van der Waals surface area contributed by atoms with Gasteiger partial charge in [-0.05, 0) is 43.7 Å². The van der Waals surface area contributed by atoms with Crippen LogP contribution in [-0.4, -0.2) is 42.4 Å². The molecule has 1 saturated carbocycles. The van der Waals surface area contributed by atoms with Gasteiger partial charge in [-0.1, -0.05) is 24.6 Å². The van der Waals surface area contributed by atoms with Gasteiger partial charge in [0.15, 0.2) is 0 Å². The van der Waals surface area contributed by atoms with Crippen molar-refractivity contribution in [2.75, 3.05) is 19.7 Å². The lowest BCUT2D eigenvalue weighted by Gasteiger charge is -2.31. The Morgan fingerprint density at radius 3 is 2.44 bits per heavy atom. The largest absolute Gasteiger partial charge is 0.477 e. The summed E-state index contributed by atoms with van der Waals surface area (Å²) in [6, 6.07) is 10.6. The van der Waals surface area contributed by atoms with E-state index in [0.717, 1.165) is 18.5 Å². The van der Waals surface area contributed by atoms with Crippen molar-refractivity contribution in [2.24, 2.45) is 5.92 Å². The lowest BCUT2D eigenvalue weighted by molar-refractivity contribution is 0.180. The van der Waals surface area contributed by atoms with E-state index in [2.05, 4.69) is 9.97 Å². The fourth-order valence-electron chi connectivity index (χ4n) is 3.62. The molecule has 0 unspecified atom stereocenters. The maximum atomic E-state index is 12.7. The highest BCUT2D eigenvalue weighted by Crippen LogP contribution is 2.35. The number of hydrogen-bond acceptors (Lipinski definition) is 5. The second kappa shape index (κ2) is 7.94. The van der Waals surface area contributed by atoms with Gasteiger partial charge in [0.05, 0.1) is 17.2 Å². The maximum absolute atomic E-state index is 12.7. The normalized spacial score (nSPS) is 19.6. The van der Waals surface area contributed by atoms with Crippen molar-refractivity contribution in [3.63, 3.8) is 0 Å². The van der Waals surface area contributed by atoms with Crippen LogP contribution in [0.15, 0.2) is 47.6 Å². The Morgan fingerprint density at radius 1 is 1.04 bits per heavy atom. The summed E-state index contributed by atoms with van der Waals surface area (Å²) in [5, 5.41) is 0. The Hall–Kier alpha value is -1.99. The number of hydrogen-bond donors (Lipinski definition) is 0. The molecule has 1 aliphatic heterocycles. The van der Waals surface area contributed by atoms with Crippen molar-refractivity contribution in [2.45, 2.75) is 42.9 Å². The quantitative estimate of drug-likeness (QED) is 0.761. The van der Waals surface area contributed by atoms with Gasteiger partial charge in [-0.3, -0.25) is 0 Å². The van der Waals surface area contributed by atoms with E-state index in [9.17, 15) is 8.42 Å². The lowest BCUT2D eigenvalue weighted by atomic mass is 9.83. The van der Waals surface area contributed by atoms with Crippen LogP contribution < -0.4 is 4.74 Å². The number of benzene rings is 1. The topological polar surface area (TPSA) is 72.4 Å². The molecular formula is C20H25N3O3S. The van der Waals surface area contributed by atoms with Crippen LogP contribution in [0.1, 0.15) is 43.7 Å². The molecule has 0 N–H and O–H groups in total. The van der Waals surface area contributed by atoms with Gasteiger partial charge in [0.25, 0.3) is 0 Å². The SMILES string of the molecule is O=S(=O)(c1ccccc1)N1CCC(COc2cc(C3CCC3)ncn2)CC1. The summed E-state index contributed by atoms with van der Waals surface area (Å²) < 4.78 is 32.8. The lowest BCUT2D eigenvalue weighted by Crippen LogP contribution is -2.39. The third kappa shape index (κ3) is 4.14. The van der Waals surface area contributed by atoms with Crippen LogP contribution in [0.4, 0.5) is 0 Å². The van der Waals surface area contributed by atoms with Crippen molar-refractivity contribution in [3.05, 3.63) is 48.4 Å². The number of ether oxygens (including phenoxy) is 1. The van der Waals surface area contributed by atoms with Crippen LogP contribution in [0.2, 0.25) is 0 Å². The van der Waals surface area contributed by atoms with Crippen LogP contribution in [0.25, 0.3) is 0 Å². The third-order valence-corrected chi connectivity index (χ3v) is 7.52. The number of piperidine rings is 1. The van der Waals surface area contributed by atoms with Gasteiger partial charge in [-0.15, -0.1) is 0 Å². The van der Waals surface area contributed by atoms with E-state index < -0.39 is 10.0 Å². The van der Waals surface area contributed by atoms with Gasteiger partial charge in [0.2, 0.25) is 15.9 Å². The van der Waals surface area contributed by atoms with Gasteiger partial charge in [0, 0.05) is 25.1 Å². The van der Waals surface area contributed by atoms with E-state index in [4.69, 9.17) is 4.74 Å². The molecule has 1 saturated heterocycles. The molecule has 144 valence electrons. The minimum Gasteiger partial charge on any atom is -0.477 e. The highest BCUT2D eigenvalue weighted by atomic mass is 32.2. The average molecular weight is 388 g/mol. The van der Waals surface area contributed by atoms with E-state index >= 15 is 0 Å². The van der Waals surface area contributed by atoms with Crippen molar-refractivity contribution in [1.82, 2.24) is 14.3 Å². The number of sulfonamides is 1. The Bertz CT molecular complexity index is 861. The smallest absolute Gasteiger partial charge is 0.243 e. The second-order valence-electron chi connectivity index (χ2n) is 7.38. The van der Waals surface area contributed by atoms with Crippen LogP contribution in [0.5, 0.6) is 5.88 Å². The van der Waals surface area contributed by atoms with Crippen LogP contribution >= 0.6 is 0 Å². The van der Waals surface area contributed by atoms with Crippen molar-refractivity contribution < 1.29 is 13.2 Å². The molecule has 1 aliphatic carbocycles. The van der Waals surface area contributed by atoms with Gasteiger partial charge in [0.1, 0.15) is 6.33 Å². The highest BCUT2D eigenvalue weighted by Gasteiger charge is 2.29. The number of rotatable bonds is 6. The first-order valence-electron chi connectivity index (χ1n) is 9.63. The van der Waals surface area contributed by atoms with Crippen LogP contribution in [0, 0.1) is 5.92 Å². The first-order valence-corrected chi connectivity index (χ1v) is 11.1. The molecule has 1 aromatic carbocycles. The molecule has 4 rings (SSSR count). The summed E-state index contributed by atoms with van der Waals surface area (Å²) >= 11 is 0. The first-order chi connectivity index (χ1) is 13.1. The standard InChI is InChI=1S/C20H25N3O3S/c24-27(25,18-7-2-1-3-8-18)23-11-9-16(10-12-23)14-26-20-13-19(21-15-22-20)17-5-4-6-17/h1-3,7-8,13,15-17H,4-6,9-12,14H2. The number of aromatic nitrogens is 2. The molecule has 0 bridgehead atoms. The molecule has 7 heteroatoms. The van der Waals surface area contributed by atoms with E-state index in [1.54, 1.807) is 34.9 Å². The highest BCUT2D eigenvalue weighted by molar-refractivity contribution is 7.89. The second-order valence-corrected chi connectivity index (χ2v) is 9.32. The molecule has 27 heavy (non-hydrogen) atoms. The summed E-state index contributed by atoms with van der Waals surface area (Å²) in [6.07, 6.45) is 6.85. The summed E-state index contributed by atoms with van der Waals surface area (Å²) in [5.74, 6) is 1.53. The van der Waals surface area contributed by atoms with Crippen molar-refractivity contribution in [3.8, 4) is 5.88 Å². The number of nitrogens with zero attached hydrogens (tertiary/aromatic N) is 3. The minimum absolute atomic E-state index is 0.342. The summed E-state index contributed by atoms with van der Waals surface area (Å²) in [7, 11) is -3.39. The fraction of sp³-hybridized carbons (Fsp3) is 0.500. The molecule has 0 atom stereocenters. The van der Waals surface area contributed by atoms with Gasteiger partial charge < -0.3 is 4.74 Å². The molecule has 2 fully saturated rings. The predicted molar refractivity (Wildman–Crippen MR) is 102 cm³/mol. The van der Waals surface area contributed by atoms with Gasteiger partial charge in [-0.25, -0.2) is 18.4 Å². The molecule has 2 aromatic rings. The van der Waals surface area contributed by atoms with E-state index in [1.165, 1.54) is 19.3 Å². The molecule has 0 radical (unpaired) electrons. The monoisotopic (exact) mass is 387 g/mol. The maximum Gasteiger partial charge on any atom is 0.243 e. The molecular weight excluding hydrogens is 362 g/mol. The average Bonchev–Trinajstić information content (AvgIpc) is 2.66. The Balaban J connectivity index is 1.30. The Labute approximate surface area is 160 Å². The summed E-state index contributed by atoms with van der Waals surface area (Å²) in [6.45, 7) is 1.63. The molecule has 2 aliphatic rings. The molecule has 0 spiro atoms. The summed E-state index contributed by atoms with van der Waals surface area (Å²) in [5.41, 5.74) is 1.08. The fourth-order valence-corrected chi connectivity index (χ4v) is 5.11. The molecule has 2 heterocycles. The molecule has 0 amide bonds. The van der Waals surface area contributed by atoms with E-state index in [0.29, 0.717) is 42.3 Å². The Morgan fingerprint density at radius 2 is 1.78 bits per heavy atom. The van der Waals surface area contributed by atoms with Crippen molar-refractivity contribution in [1.29, 1.82) is 0 Å². The van der Waals surface area contributed by atoms with E-state index in [-0.39, 0.29) is 0 Å². The zero-order valence-electron chi connectivity index (χ0n) is 15.3. The zero-order valence-corrected chi connectivity index (χ0v) is 16.1. The minimum atomic E-state index is -3.39. The van der Waals surface area contributed by atoms with Crippen LogP contribution in [0.3, 0.4) is 0 Å².